The van der Waals surface area contributed by atoms with Crippen molar-refractivity contribution in [1.29, 1.82) is 0 Å². The molecule has 3 N–H and O–H groups in total. The fourth-order valence-electron chi connectivity index (χ4n) is 0.650. The third-order valence-electron chi connectivity index (χ3n) is 1.57. The van der Waals surface area contributed by atoms with Gasteiger partial charge < -0.3 is 15.6 Å². The largest absolute Gasteiger partial charge is 0.383 e. The first kappa shape index (κ1) is 10.4. The van der Waals surface area contributed by atoms with E-state index in [1.165, 1.54) is 7.11 Å². The van der Waals surface area contributed by atoms with Gasteiger partial charge in [-0.25, -0.2) is 0 Å². The third kappa shape index (κ3) is 3.95. The summed E-state index contributed by atoms with van der Waals surface area (Å²) in [6, 6.07) is 0. The van der Waals surface area contributed by atoms with Crippen LogP contribution in [0.1, 0.15) is 20.3 Å². The van der Waals surface area contributed by atoms with Crippen LogP contribution < -0.4 is 5.73 Å². The van der Waals surface area contributed by atoms with Gasteiger partial charge in [-0.05, 0) is 13.8 Å². The molecule has 0 bridgehead atoms. The first-order chi connectivity index (χ1) is 4.89. The predicted octanol–water partition coefficient (Wildman–Crippen LogP) is -0.352. The lowest BCUT2D eigenvalue weighted by Crippen LogP contribution is -2.36. The maximum atomic E-state index is 10.4. The molecule has 1 amide bonds. The highest BCUT2D eigenvalue weighted by molar-refractivity contribution is 5.78. The fourth-order valence-corrected chi connectivity index (χ4v) is 0.650. The summed E-state index contributed by atoms with van der Waals surface area (Å²) in [7, 11) is 1.52. The summed E-state index contributed by atoms with van der Waals surface area (Å²) in [6.07, 6.45) is -0.899. The van der Waals surface area contributed by atoms with Crippen LogP contribution in [0.25, 0.3) is 0 Å². The lowest BCUT2D eigenvalue weighted by Gasteiger charge is -2.24. The molecule has 0 aliphatic heterocycles. The number of aliphatic hydroxyl groups excluding tert-OH is 1. The van der Waals surface area contributed by atoms with Crippen molar-refractivity contribution in [3.05, 3.63) is 0 Å². The Balaban J connectivity index is 3.93. The highest BCUT2D eigenvalue weighted by Gasteiger charge is 2.24. The van der Waals surface area contributed by atoms with Crippen molar-refractivity contribution in [2.45, 2.75) is 32.0 Å². The number of methoxy groups -OCH3 is 1. The topological polar surface area (TPSA) is 72.6 Å². The molecule has 0 fully saturated rings. The normalized spacial score (nSPS) is 14.5. The molecule has 0 heterocycles. The molecular weight excluding hydrogens is 146 g/mol. The van der Waals surface area contributed by atoms with E-state index in [0.717, 1.165) is 0 Å². The monoisotopic (exact) mass is 161 g/mol. The molecule has 0 aliphatic rings. The molecule has 0 spiro atoms. The number of amides is 1. The zero-order chi connectivity index (χ0) is 9.07. The van der Waals surface area contributed by atoms with Crippen LogP contribution in [0.2, 0.25) is 0 Å². The molecule has 11 heavy (non-hydrogen) atoms. The summed E-state index contributed by atoms with van der Waals surface area (Å²) in [5, 5.41) is 9.04. The van der Waals surface area contributed by atoms with Crippen LogP contribution in [0.15, 0.2) is 0 Å². The Kier molecular flexibility index (Phi) is 3.48. The van der Waals surface area contributed by atoms with E-state index < -0.39 is 17.6 Å². The SMILES string of the molecule is COC(C)(C)CC(O)C(N)=O. The van der Waals surface area contributed by atoms with Gasteiger partial charge in [-0.1, -0.05) is 0 Å². The van der Waals surface area contributed by atoms with Crippen molar-refractivity contribution in [3.63, 3.8) is 0 Å². The molecule has 0 aromatic rings. The fraction of sp³-hybridized carbons (Fsp3) is 0.857. The van der Waals surface area contributed by atoms with Gasteiger partial charge in [0, 0.05) is 13.5 Å². The highest BCUT2D eigenvalue weighted by Crippen LogP contribution is 2.14. The smallest absolute Gasteiger partial charge is 0.246 e. The number of ether oxygens (including phenoxy) is 1. The number of carbonyl (C=O) groups is 1. The molecule has 0 radical (unpaired) electrons. The van der Waals surface area contributed by atoms with Crippen molar-refractivity contribution >= 4 is 5.91 Å². The van der Waals surface area contributed by atoms with Gasteiger partial charge in [-0.3, -0.25) is 4.79 Å². The Hall–Kier alpha value is -0.610. The summed E-state index contributed by atoms with van der Waals surface area (Å²) >= 11 is 0. The van der Waals surface area contributed by atoms with Gasteiger partial charge in [0.05, 0.1) is 5.60 Å². The van der Waals surface area contributed by atoms with E-state index in [1.807, 2.05) is 0 Å². The van der Waals surface area contributed by atoms with Gasteiger partial charge in [0.1, 0.15) is 6.10 Å². The molecule has 0 saturated carbocycles. The quantitative estimate of drug-likeness (QED) is 0.591. The summed E-state index contributed by atoms with van der Waals surface area (Å²) in [6.45, 7) is 3.55. The van der Waals surface area contributed by atoms with E-state index in [2.05, 4.69) is 0 Å². The number of hydrogen-bond donors (Lipinski definition) is 2. The van der Waals surface area contributed by atoms with Crippen molar-refractivity contribution in [3.8, 4) is 0 Å². The summed E-state index contributed by atoms with van der Waals surface area (Å²) in [5.74, 6) is -0.713. The van der Waals surface area contributed by atoms with Gasteiger partial charge >= 0.3 is 0 Å². The Morgan fingerprint density at radius 1 is 1.73 bits per heavy atom. The first-order valence-corrected chi connectivity index (χ1v) is 3.41. The molecule has 0 aromatic heterocycles. The maximum absolute atomic E-state index is 10.4. The van der Waals surface area contributed by atoms with Crippen LogP contribution >= 0.6 is 0 Å². The van der Waals surface area contributed by atoms with Crippen molar-refractivity contribution in [2.75, 3.05) is 7.11 Å². The zero-order valence-corrected chi connectivity index (χ0v) is 7.13. The number of nitrogens with two attached hydrogens (primary N) is 1. The van der Waals surface area contributed by atoms with Gasteiger partial charge in [0.2, 0.25) is 5.91 Å². The molecule has 4 heteroatoms. The van der Waals surface area contributed by atoms with Crippen molar-refractivity contribution < 1.29 is 14.6 Å². The van der Waals surface area contributed by atoms with Crippen molar-refractivity contribution in [2.24, 2.45) is 5.73 Å². The Morgan fingerprint density at radius 2 is 2.18 bits per heavy atom. The summed E-state index contributed by atoms with van der Waals surface area (Å²) < 4.78 is 4.99. The Labute approximate surface area is 66.3 Å². The van der Waals surface area contributed by atoms with Crippen LogP contribution in [0, 0.1) is 0 Å². The van der Waals surface area contributed by atoms with E-state index >= 15 is 0 Å². The third-order valence-corrected chi connectivity index (χ3v) is 1.57. The summed E-state index contributed by atoms with van der Waals surface area (Å²) in [4.78, 5) is 10.4. The van der Waals surface area contributed by atoms with Crippen molar-refractivity contribution in [1.82, 2.24) is 0 Å². The maximum Gasteiger partial charge on any atom is 0.246 e. The predicted molar refractivity (Wildman–Crippen MR) is 40.9 cm³/mol. The number of carbonyl (C=O) groups excluding carboxylic acids is 1. The van der Waals surface area contributed by atoms with Gasteiger partial charge in [-0.15, -0.1) is 0 Å². The average Bonchev–Trinajstić information content (AvgIpc) is 1.87. The van der Waals surface area contributed by atoms with Gasteiger partial charge in [-0.2, -0.15) is 0 Å². The molecule has 4 nitrogen and oxygen atoms in total. The molecule has 0 aromatic carbocycles. The highest BCUT2D eigenvalue weighted by atomic mass is 16.5. The first-order valence-electron chi connectivity index (χ1n) is 3.41. The van der Waals surface area contributed by atoms with Gasteiger partial charge in [0.25, 0.3) is 0 Å². The lowest BCUT2D eigenvalue weighted by atomic mass is 10.0. The number of aliphatic hydroxyl groups is 1. The Bertz CT molecular complexity index is 145. The lowest BCUT2D eigenvalue weighted by molar-refractivity contribution is -0.129. The number of primary amides is 1. The standard InChI is InChI=1S/C7H15NO3/c1-7(2,11-3)4-5(9)6(8)10/h5,9H,4H2,1-3H3,(H2,8,10). The van der Waals surface area contributed by atoms with Crippen LogP contribution in [0.5, 0.6) is 0 Å². The minimum Gasteiger partial charge on any atom is -0.383 e. The van der Waals surface area contributed by atoms with E-state index in [9.17, 15) is 4.79 Å². The minimum absolute atomic E-state index is 0.221. The molecule has 1 atom stereocenters. The van der Waals surface area contributed by atoms with Crippen LogP contribution in [-0.2, 0) is 9.53 Å². The van der Waals surface area contributed by atoms with Crippen LogP contribution in [0.3, 0.4) is 0 Å². The van der Waals surface area contributed by atoms with Crippen LogP contribution in [-0.4, -0.2) is 29.8 Å². The molecular formula is C7H15NO3. The molecule has 1 unspecified atom stereocenters. The molecule has 0 aliphatic carbocycles. The average molecular weight is 161 g/mol. The minimum atomic E-state index is -1.12. The second-order valence-corrected chi connectivity index (χ2v) is 3.09. The van der Waals surface area contributed by atoms with E-state index in [0.29, 0.717) is 0 Å². The van der Waals surface area contributed by atoms with E-state index in [4.69, 9.17) is 15.6 Å². The number of rotatable bonds is 4. The van der Waals surface area contributed by atoms with E-state index in [-0.39, 0.29) is 6.42 Å². The van der Waals surface area contributed by atoms with Gasteiger partial charge in [0.15, 0.2) is 0 Å². The van der Waals surface area contributed by atoms with Crippen LogP contribution in [0.4, 0.5) is 0 Å². The molecule has 0 saturated heterocycles. The second-order valence-electron chi connectivity index (χ2n) is 3.09. The number of hydrogen-bond acceptors (Lipinski definition) is 3. The summed E-state index contributed by atoms with van der Waals surface area (Å²) in [5.41, 5.74) is 4.35. The Morgan fingerprint density at radius 3 is 2.45 bits per heavy atom. The zero-order valence-electron chi connectivity index (χ0n) is 7.13. The second kappa shape index (κ2) is 3.69. The molecule has 0 rings (SSSR count). The molecule has 66 valence electrons. The van der Waals surface area contributed by atoms with E-state index in [1.54, 1.807) is 13.8 Å².